The van der Waals surface area contributed by atoms with Gasteiger partial charge >= 0.3 is 5.97 Å². The molecule has 2 aliphatic heterocycles. The SMILES string of the molecule is CCOC(=O)C1=C(c2ccccc2)N=C2SC=C(CC(=O)NCCOC)N2[C@@H]1c1ccc(Cl)cc1. The minimum atomic E-state index is -0.540. The lowest BCUT2D eigenvalue weighted by Crippen LogP contribution is -2.38. The van der Waals surface area contributed by atoms with E-state index in [4.69, 9.17) is 26.1 Å². The standard InChI is InChI=1S/C26H26ClN3O4S/c1-3-34-25(32)22-23(17-7-5-4-6-8-17)29-26-30(24(22)18-9-11-19(27)12-10-18)20(16-35-26)15-21(31)28-13-14-33-2/h4-12,16,24H,3,13-15H2,1-2H3,(H,28,31)/t24-/m1/s1. The maximum absolute atomic E-state index is 13.4. The van der Waals surface area contributed by atoms with E-state index in [1.165, 1.54) is 11.8 Å². The van der Waals surface area contributed by atoms with Crippen molar-refractivity contribution in [1.29, 1.82) is 0 Å². The van der Waals surface area contributed by atoms with Gasteiger partial charge in [0, 0.05) is 29.9 Å². The summed E-state index contributed by atoms with van der Waals surface area (Å²) in [5.41, 5.74) is 3.37. The van der Waals surface area contributed by atoms with Gasteiger partial charge in [0.05, 0.1) is 36.9 Å². The van der Waals surface area contributed by atoms with Crippen LogP contribution in [0.5, 0.6) is 0 Å². The quantitative estimate of drug-likeness (QED) is 0.386. The Kier molecular flexibility index (Phi) is 8.28. The van der Waals surface area contributed by atoms with Gasteiger partial charge in [0.2, 0.25) is 5.91 Å². The molecule has 0 aromatic heterocycles. The van der Waals surface area contributed by atoms with E-state index in [0.717, 1.165) is 16.8 Å². The number of ether oxygens (including phenoxy) is 2. The Balaban J connectivity index is 1.80. The summed E-state index contributed by atoms with van der Waals surface area (Å²) in [5.74, 6) is -0.588. The molecule has 0 saturated heterocycles. The number of thioether (sulfide) groups is 1. The third-order valence-electron chi connectivity index (χ3n) is 5.51. The molecule has 0 saturated carbocycles. The van der Waals surface area contributed by atoms with Crippen LogP contribution in [0.25, 0.3) is 5.70 Å². The number of hydrogen-bond acceptors (Lipinski definition) is 7. The number of esters is 1. The van der Waals surface area contributed by atoms with Crippen LogP contribution in [0.15, 0.2) is 76.3 Å². The number of halogens is 1. The van der Waals surface area contributed by atoms with E-state index >= 15 is 0 Å². The Morgan fingerprint density at radius 1 is 1.14 bits per heavy atom. The van der Waals surface area contributed by atoms with Crippen LogP contribution in [0.1, 0.15) is 30.5 Å². The number of nitrogens with zero attached hydrogens (tertiary/aromatic N) is 2. The largest absolute Gasteiger partial charge is 0.463 e. The lowest BCUT2D eigenvalue weighted by molar-refractivity contribution is -0.139. The molecular formula is C26H26ClN3O4S. The average molecular weight is 512 g/mol. The van der Waals surface area contributed by atoms with E-state index in [9.17, 15) is 9.59 Å². The molecule has 0 fully saturated rings. The second-order valence-electron chi connectivity index (χ2n) is 7.81. The van der Waals surface area contributed by atoms with Gasteiger partial charge in [0.1, 0.15) is 0 Å². The van der Waals surface area contributed by atoms with Crippen molar-refractivity contribution in [3.63, 3.8) is 0 Å². The number of hydrogen-bond donors (Lipinski definition) is 1. The van der Waals surface area contributed by atoms with Crippen LogP contribution >= 0.6 is 23.4 Å². The van der Waals surface area contributed by atoms with Gasteiger partial charge in [0.25, 0.3) is 0 Å². The number of nitrogens with one attached hydrogen (secondary N) is 1. The fraction of sp³-hybridized carbons (Fsp3) is 0.269. The second kappa shape index (κ2) is 11.6. The van der Waals surface area contributed by atoms with Crippen LogP contribution in [0.3, 0.4) is 0 Å². The predicted octanol–water partition coefficient (Wildman–Crippen LogP) is 4.77. The van der Waals surface area contributed by atoms with Crippen LogP contribution in [0.2, 0.25) is 5.02 Å². The Labute approximate surface area is 213 Å². The smallest absolute Gasteiger partial charge is 0.338 e. The minimum Gasteiger partial charge on any atom is -0.463 e. The van der Waals surface area contributed by atoms with Crippen molar-refractivity contribution in [2.24, 2.45) is 4.99 Å². The van der Waals surface area contributed by atoms with Crippen molar-refractivity contribution in [3.05, 3.63) is 87.4 Å². The molecule has 0 unspecified atom stereocenters. The fourth-order valence-corrected chi connectivity index (χ4v) is 5.01. The molecule has 0 aliphatic carbocycles. The van der Waals surface area contributed by atoms with Crippen LogP contribution in [0.4, 0.5) is 0 Å². The highest BCUT2D eigenvalue weighted by Crippen LogP contribution is 2.47. The summed E-state index contributed by atoms with van der Waals surface area (Å²) in [5, 5.41) is 6.05. The van der Waals surface area contributed by atoms with Gasteiger partial charge < -0.3 is 19.7 Å². The third kappa shape index (κ3) is 5.61. The molecule has 0 bridgehead atoms. The van der Waals surface area contributed by atoms with Crippen LogP contribution in [-0.2, 0) is 19.1 Å². The molecular weight excluding hydrogens is 486 g/mol. The zero-order valence-electron chi connectivity index (χ0n) is 19.5. The van der Waals surface area contributed by atoms with Gasteiger partial charge in [-0.2, -0.15) is 0 Å². The number of amidine groups is 1. The minimum absolute atomic E-state index is 0.136. The van der Waals surface area contributed by atoms with E-state index in [0.29, 0.717) is 34.6 Å². The first-order chi connectivity index (χ1) is 17.0. The number of amides is 1. The third-order valence-corrected chi connectivity index (χ3v) is 6.65. The maximum Gasteiger partial charge on any atom is 0.338 e. The number of carbonyl (C=O) groups is 2. The lowest BCUT2D eigenvalue weighted by Gasteiger charge is -2.36. The molecule has 2 aromatic rings. The Bertz CT molecular complexity index is 1180. The maximum atomic E-state index is 13.4. The zero-order valence-corrected chi connectivity index (χ0v) is 21.1. The topological polar surface area (TPSA) is 80.2 Å². The lowest BCUT2D eigenvalue weighted by atomic mass is 9.91. The molecule has 7 nitrogen and oxygen atoms in total. The number of benzene rings is 2. The number of aliphatic imine (C=N–C) groups is 1. The summed E-state index contributed by atoms with van der Waals surface area (Å²) < 4.78 is 10.5. The molecule has 0 radical (unpaired) electrons. The average Bonchev–Trinajstić information content (AvgIpc) is 3.26. The van der Waals surface area contributed by atoms with Crippen molar-refractivity contribution < 1.29 is 19.1 Å². The fourth-order valence-electron chi connectivity index (χ4n) is 3.97. The Morgan fingerprint density at radius 2 is 1.89 bits per heavy atom. The summed E-state index contributed by atoms with van der Waals surface area (Å²) in [4.78, 5) is 32.9. The van der Waals surface area contributed by atoms with E-state index in [-0.39, 0.29) is 18.9 Å². The molecule has 182 valence electrons. The highest BCUT2D eigenvalue weighted by Gasteiger charge is 2.42. The molecule has 2 aliphatic rings. The first-order valence-electron chi connectivity index (χ1n) is 11.2. The van der Waals surface area contributed by atoms with Gasteiger partial charge in [-0.1, -0.05) is 65.8 Å². The zero-order chi connectivity index (χ0) is 24.8. The number of fused-ring (bicyclic) bond motifs is 1. The van der Waals surface area contributed by atoms with Gasteiger partial charge in [-0.15, -0.1) is 0 Å². The molecule has 2 aromatic carbocycles. The summed E-state index contributed by atoms with van der Waals surface area (Å²) in [6.07, 6.45) is 0.136. The van der Waals surface area contributed by atoms with Crippen LogP contribution in [-0.4, -0.2) is 48.8 Å². The van der Waals surface area contributed by atoms with E-state index in [1.807, 2.05) is 52.8 Å². The molecule has 35 heavy (non-hydrogen) atoms. The van der Waals surface area contributed by atoms with Gasteiger partial charge in [-0.05, 0) is 30.0 Å². The molecule has 2 heterocycles. The number of methoxy groups -OCH3 is 1. The number of rotatable bonds is 9. The van der Waals surface area contributed by atoms with Gasteiger partial charge in [-0.3, -0.25) is 4.79 Å². The van der Waals surface area contributed by atoms with Crippen LogP contribution < -0.4 is 5.32 Å². The summed E-state index contributed by atoms with van der Waals surface area (Å²) in [6.45, 7) is 2.85. The van der Waals surface area contributed by atoms with Crippen molar-refractivity contribution >= 4 is 46.1 Å². The molecule has 0 spiro atoms. The molecule has 4 rings (SSSR count). The Morgan fingerprint density at radius 3 is 2.57 bits per heavy atom. The highest BCUT2D eigenvalue weighted by molar-refractivity contribution is 8.16. The normalized spacial score (nSPS) is 17.0. The molecule has 1 amide bonds. The van der Waals surface area contributed by atoms with E-state index < -0.39 is 12.0 Å². The Hall–Kier alpha value is -3.07. The van der Waals surface area contributed by atoms with Crippen molar-refractivity contribution in [1.82, 2.24) is 10.2 Å². The molecule has 9 heteroatoms. The van der Waals surface area contributed by atoms with Crippen molar-refractivity contribution in [3.8, 4) is 0 Å². The van der Waals surface area contributed by atoms with Gasteiger partial charge in [-0.25, -0.2) is 9.79 Å². The van der Waals surface area contributed by atoms with E-state index in [2.05, 4.69) is 5.32 Å². The van der Waals surface area contributed by atoms with E-state index in [1.54, 1.807) is 26.2 Å². The monoisotopic (exact) mass is 511 g/mol. The predicted molar refractivity (Wildman–Crippen MR) is 139 cm³/mol. The summed E-state index contributed by atoms with van der Waals surface area (Å²) in [6, 6.07) is 16.4. The first-order valence-corrected chi connectivity index (χ1v) is 12.5. The molecule has 1 atom stereocenters. The molecule has 1 N–H and O–H groups in total. The number of carbonyl (C=O) groups excluding carboxylic acids is 2. The second-order valence-corrected chi connectivity index (χ2v) is 9.09. The van der Waals surface area contributed by atoms with Gasteiger partial charge in [0.15, 0.2) is 5.17 Å². The summed E-state index contributed by atoms with van der Waals surface area (Å²) in [7, 11) is 1.59. The summed E-state index contributed by atoms with van der Waals surface area (Å²) >= 11 is 7.60. The van der Waals surface area contributed by atoms with Crippen molar-refractivity contribution in [2.45, 2.75) is 19.4 Å². The van der Waals surface area contributed by atoms with Crippen molar-refractivity contribution in [2.75, 3.05) is 26.9 Å². The first kappa shape index (κ1) is 25.0. The van der Waals surface area contributed by atoms with Crippen LogP contribution in [0, 0.1) is 0 Å². The highest BCUT2D eigenvalue weighted by atomic mass is 35.5.